The van der Waals surface area contributed by atoms with Crippen LogP contribution in [0.25, 0.3) is 0 Å². The van der Waals surface area contributed by atoms with E-state index in [9.17, 15) is 0 Å². The van der Waals surface area contributed by atoms with Crippen molar-refractivity contribution in [2.24, 2.45) is 17.8 Å². The van der Waals surface area contributed by atoms with E-state index >= 15 is 0 Å². The fourth-order valence-corrected chi connectivity index (χ4v) is 5.29. The molecule has 0 aromatic rings. The Morgan fingerprint density at radius 2 is 1.74 bits per heavy atom. The number of rotatable bonds is 5. The first-order valence-electron chi connectivity index (χ1n) is 7.74. The minimum absolute atomic E-state index is 0.333. The number of methoxy groups -OCH3 is 1. The SMILES string of the molecule is COCCCNC(=S)NC12CC3CC(CC(C3)C1)C2. The molecule has 4 aliphatic carbocycles. The van der Waals surface area contributed by atoms with Crippen LogP contribution in [0.5, 0.6) is 0 Å². The van der Waals surface area contributed by atoms with Crippen LogP contribution in [-0.4, -0.2) is 30.9 Å². The number of thiocarbonyl (C=S) groups is 1. The van der Waals surface area contributed by atoms with Crippen LogP contribution >= 0.6 is 12.2 Å². The lowest BCUT2D eigenvalue weighted by Crippen LogP contribution is -2.61. The van der Waals surface area contributed by atoms with Gasteiger partial charge >= 0.3 is 0 Å². The molecule has 0 heterocycles. The maximum Gasteiger partial charge on any atom is 0.166 e. The largest absolute Gasteiger partial charge is 0.385 e. The molecular weight excluding hydrogens is 256 g/mol. The minimum Gasteiger partial charge on any atom is -0.385 e. The fraction of sp³-hybridized carbons (Fsp3) is 0.933. The van der Waals surface area contributed by atoms with E-state index in [0.717, 1.165) is 42.4 Å². The van der Waals surface area contributed by atoms with Crippen LogP contribution in [0.4, 0.5) is 0 Å². The van der Waals surface area contributed by atoms with Crippen molar-refractivity contribution in [2.45, 2.75) is 50.5 Å². The first kappa shape index (κ1) is 13.6. The number of hydrogen-bond acceptors (Lipinski definition) is 2. The predicted molar refractivity (Wildman–Crippen MR) is 81.1 cm³/mol. The molecule has 0 aliphatic heterocycles. The van der Waals surface area contributed by atoms with E-state index in [4.69, 9.17) is 17.0 Å². The van der Waals surface area contributed by atoms with E-state index in [1.807, 2.05) is 0 Å². The molecule has 0 aromatic carbocycles. The highest BCUT2D eigenvalue weighted by atomic mass is 32.1. The van der Waals surface area contributed by atoms with Crippen molar-refractivity contribution in [1.82, 2.24) is 10.6 Å². The second-order valence-corrected chi connectivity index (χ2v) is 7.33. The van der Waals surface area contributed by atoms with E-state index < -0.39 is 0 Å². The molecule has 4 aliphatic rings. The molecule has 0 unspecified atom stereocenters. The van der Waals surface area contributed by atoms with Gasteiger partial charge in [0, 0.05) is 25.8 Å². The number of nitrogens with one attached hydrogen (secondary N) is 2. The fourth-order valence-electron chi connectivity index (χ4n) is 4.97. The maximum absolute atomic E-state index is 5.48. The zero-order chi connectivity index (χ0) is 13.3. The average Bonchev–Trinajstić information content (AvgIpc) is 2.32. The highest BCUT2D eigenvalue weighted by Gasteiger charge is 2.51. The standard InChI is InChI=1S/C15H26N2OS/c1-18-4-2-3-16-14(19)17-15-8-11-5-12(9-15)7-13(6-11)10-15/h11-13H,2-10H2,1H3,(H2,16,17,19). The summed E-state index contributed by atoms with van der Waals surface area (Å²) in [6, 6.07) is 0. The Bertz CT molecular complexity index is 310. The van der Waals surface area contributed by atoms with Crippen LogP contribution in [0.2, 0.25) is 0 Å². The molecule has 0 saturated heterocycles. The molecule has 0 amide bonds. The van der Waals surface area contributed by atoms with E-state index in [2.05, 4.69) is 10.6 Å². The van der Waals surface area contributed by atoms with Crippen molar-refractivity contribution in [2.75, 3.05) is 20.3 Å². The Morgan fingerprint density at radius 3 is 2.26 bits per heavy atom. The molecule has 4 rings (SSSR count). The molecule has 0 aromatic heterocycles. The number of ether oxygens (including phenoxy) is 1. The Morgan fingerprint density at radius 1 is 1.16 bits per heavy atom. The first-order valence-corrected chi connectivity index (χ1v) is 8.15. The Kier molecular flexibility index (Phi) is 3.99. The summed E-state index contributed by atoms with van der Waals surface area (Å²) in [6.45, 7) is 1.71. The van der Waals surface area contributed by atoms with Gasteiger partial charge in [0.1, 0.15) is 0 Å². The summed E-state index contributed by atoms with van der Waals surface area (Å²) < 4.78 is 5.05. The molecule has 4 fully saturated rings. The molecule has 0 radical (unpaired) electrons. The third-order valence-electron chi connectivity index (χ3n) is 5.23. The Labute approximate surface area is 121 Å². The summed E-state index contributed by atoms with van der Waals surface area (Å²) in [4.78, 5) is 0. The Hall–Kier alpha value is -0.350. The van der Waals surface area contributed by atoms with Gasteiger partial charge in [0.05, 0.1) is 0 Å². The van der Waals surface area contributed by atoms with Crippen molar-refractivity contribution in [3.8, 4) is 0 Å². The second kappa shape index (κ2) is 5.57. The van der Waals surface area contributed by atoms with Gasteiger partial charge in [-0.05, 0) is 74.9 Å². The predicted octanol–water partition coefficient (Wildman–Crippen LogP) is 2.46. The van der Waals surface area contributed by atoms with Gasteiger partial charge in [-0.15, -0.1) is 0 Å². The highest BCUT2D eigenvalue weighted by molar-refractivity contribution is 7.80. The van der Waals surface area contributed by atoms with Crippen molar-refractivity contribution in [1.29, 1.82) is 0 Å². The molecule has 0 atom stereocenters. The highest BCUT2D eigenvalue weighted by Crippen LogP contribution is 2.55. The van der Waals surface area contributed by atoms with Crippen molar-refractivity contribution in [3.63, 3.8) is 0 Å². The van der Waals surface area contributed by atoms with Crippen molar-refractivity contribution in [3.05, 3.63) is 0 Å². The van der Waals surface area contributed by atoms with Crippen LogP contribution in [-0.2, 0) is 4.74 Å². The maximum atomic E-state index is 5.48. The van der Waals surface area contributed by atoms with Crippen LogP contribution in [0, 0.1) is 17.8 Å². The van der Waals surface area contributed by atoms with Crippen molar-refractivity contribution >= 4 is 17.3 Å². The van der Waals surface area contributed by atoms with Crippen molar-refractivity contribution < 1.29 is 4.74 Å². The zero-order valence-electron chi connectivity index (χ0n) is 11.9. The van der Waals surface area contributed by atoms with Gasteiger partial charge in [-0.3, -0.25) is 0 Å². The molecule has 4 bridgehead atoms. The van der Waals surface area contributed by atoms with E-state index in [-0.39, 0.29) is 0 Å². The first-order chi connectivity index (χ1) is 9.19. The summed E-state index contributed by atoms with van der Waals surface area (Å²) in [5, 5.41) is 7.87. The molecular formula is C15H26N2OS. The molecule has 19 heavy (non-hydrogen) atoms. The van der Waals surface area contributed by atoms with E-state index in [1.54, 1.807) is 7.11 Å². The van der Waals surface area contributed by atoms with Gasteiger partial charge in [-0.2, -0.15) is 0 Å². The summed E-state index contributed by atoms with van der Waals surface area (Å²) in [5.41, 5.74) is 0.333. The van der Waals surface area contributed by atoms with Crippen LogP contribution < -0.4 is 10.6 Å². The monoisotopic (exact) mass is 282 g/mol. The average molecular weight is 282 g/mol. The lowest BCUT2D eigenvalue weighted by molar-refractivity contribution is -0.0101. The molecule has 4 heteroatoms. The lowest BCUT2D eigenvalue weighted by atomic mass is 9.53. The van der Waals surface area contributed by atoms with E-state index in [0.29, 0.717) is 5.54 Å². The number of hydrogen-bond donors (Lipinski definition) is 2. The normalized spacial score (nSPS) is 39.3. The van der Waals surface area contributed by atoms with Gasteiger partial charge in [-0.1, -0.05) is 0 Å². The summed E-state index contributed by atoms with van der Waals surface area (Å²) in [5.74, 6) is 2.90. The minimum atomic E-state index is 0.333. The quantitative estimate of drug-likeness (QED) is 0.599. The molecule has 2 N–H and O–H groups in total. The van der Waals surface area contributed by atoms with Gasteiger partial charge < -0.3 is 15.4 Å². The van der Waals surface area contributed by atoms with Gasteiger partial charge in [0.15, 0.2) is 5.11 Å². The van der Waals surface area contributed by atoms with Gasteiger partial charge in [-0.25, -0.2) is 0 Å². The lowest BCUT2D eigenvalue weighted by Gasteiger charge is -2.57. The molecule has 3 nitrogen and oxygen atoms in total. The third-order valence-corrected chi connectivity index (χ3v) is 5.47. The van der Waals surface area contributed by atoms with E-state index in [1.165, 1.54) is 38.5 Å². The summed E-state index contributed by atoms with van der Waals surface area (Å²) >= 11 is 5.48. The zero-order valence-corrected chi connectivity index (χ0v) is 12.7. The molecule has 4 saturated carbocycles. The van der Waals surface area contributed by atoms with Crippen LogP contribution in [0.3, 0.4) is 0 Å². The molecule has 0 spiro atoms. The topological polar surface area (TPSA) is 33.3 Å². The second-order valence-electron chi connectivity index (χ2n) is 6.93. The van der Waals surface area contributed by atoms with Crippen LogP contribution in [0.15, 0.2) is 0 Å². The molecule has 108 valence electrons. The smallest absolute Gasteiger partial charge is 0.166 e. The third kappa shape index (κ3) is 3.05. The summed E-state index contributed by atoms with van der Waals surface area (Å²) in [6.07, 6.45) is 9.49. The summed E-state index contributed by atoms with van der Waals surface area (Å²) in [7, 11) is 1.74. The van der Waals surface area contributed by atoms with Gasteiger partial charge in [0.2, 0.25) is 0 Å². The Balaban J connectivity index is 1.50. The van der Waals surface area contributed by atoms with Gasteiger partial charge in [0.25, 0.3) is 0 Å². The van der Waals surface area contributed by atoms with Crippen LogP contribution in [0.1, 0.15) is 44.9 Å².